The van der Waals surface area contributed by atoms with E-state index in [-0.39, 0.29) is 5.75 Å². The van der Waals surface area contributed by atoms with Gasteiger partial charge in [0.15, 0.2) is 5.96 Å². The second-order valence-electron chi connectivity index (χ2n) is 4.87. The van der Waals surface area contributed by atoms with Crippen LogP contribution in [-0.4, -0.2) is 70.4 Å². The van der Waals surface area contributed by atoms with Gasteiger partial charge in [0.1, 0.15) is 0 Å². The summed E-state index contributed by atoms with van der Waals surface area (Å²) in [7, 11) is -3.21. The number of sulfonamides is 1. The third-order valence-electron chi connectivity index (χ3n) is 3.14. The zero-order chi connectivity index (χ0) is 15.6. The molecule has 0 amide bonds. The monoisotopic (exact) mass is 320 g/mol. The smallest absolute Gasteiger partial charge is 0.215 e. The van der Waals surface area contributed by atoms with Crippen LogP contribution in [0.1, 0.15) is 26.7 Å². The van der Waals surface area contributed by atoms with Crippen LogP contribution in [0.25, 0.3) is 0 Å². The minimum Gasteiger partial charge on any atom is -0.379 e. The molecule has 0 radical (unpaired) electrons. The van der Waals surface area contributed by atoms with Gasteiger partial charge in [0.05, 0.1) is 19.0 Å². The van der Waals surface area contributed by atoms with Gasteiger partial charge in [-0.05, 0) is 13.3 Å². The molecule has 1 rings (SSSR count). The summed E-state index contributed by atoms with van der Waals surface area (Å²) in [5, 5.41) is 6.19. The summed E-state index contributed by atoms with van der Waals surface area (Å²) in [5.74, 6) is 0.758. The van der Waals surface area contributed by atoms with E-state index in [9.17, 15) is 8.42 Å². The van der Waals surface area contributed by atoms with Crippen LogP contribution in [0.15, 0.2) is 4.99 Å². The van der Waals surface area contributed by atoms with Crippen molar-refractivity contribution in [1.29, 1.82) is 0 Å². The fraction of sp³-hybridized carbons (Fsp3) is 0.923. The van der Waals surface area contributed by atoms with Crippen LogP contribution in [-0.2, 0) is 14.8 Å². The van der Waals surface area contributed by atoms with Crippen molar-refractivity contribution in [2.24, 2.45) is 4.99 Å². The van der Waals surface area contributed by atoms with Gasteiger partial charge in [-0.3, -0.25) is 4.99 Å². The first-order valence-corrected chi connectivity index (χ1v) is 9.28. The number of morpholine rings is 1. The summed E-state index contributed by atoms with van der Waals surface area (Å²) >= 11 is 0. The Labute approximate surface area is 128 Å². The molecule has 0 spiro atoms. The lowest BCUT2D eigenvalue weighted by Crippen LogP contribution is -2.45. The molecule has 0 aromatic carbocycles. The summed E-state index contributed by atoms with van der Waals surface area (Å²) in [6.45, 7) is 7.83. The molecule has 0 aliphatic carbocycles. The van der Waals surface area contributed by atoms with E-state index < -0.39 is 10.0 Å². The number of guanidine groups is 1. The van der Waals surface area contributed by atoms with Gasteiger partial charge in [-0.2, -0.15) is 4.31 Å². The standard InChI is InChI=1S/C13H28N4O3S/c1-3-5-6-15-13(14-4-2)16-7-12-21(18,19)17-8-10-20-11-9-17/h3-12H2,1-2H3,(H2,14,15,16). The number of ether oxygens (including phenoxy) is 1. The lowest BCUT2D eigenvalue weighted by atomic mass is 10.3. The first-order chi connectivity index (χ1) is 10.1. The average Bonchev–Trinajstić information content (AvgIpc) is 2.48. The van der Waals surface area contributed by atoms with Crippen molar-refractivity contribution in [2.75, 3.05) is 51.7 Å². The average molecular weight is 320 g/mol. The van der Waals surface area contributed by atoms with Crippen LogP contribution in [0, 0.1) is 0 Å². The summed E-state index contributed by atoms with van der Waals surface area (Å²) in [5.41, 5.74) is 0. The van der Waals surface area contributed by atoms with Crippen molar-refractivity contribution in [3.05, 3.63) is 0 Å². The molecular formula is C13H28N4O3S. The lowest BCUT2D eigenvalue weighted by molar-refractivity contribution is 0.0730. The normalized spacial score (nSPS) is 17.7. The third-order valence-corrected chi connectivity index (χ3v) is 5.01. The van der Waals surface area contributed by atoms with E-state index in [1.807, 2.05) is 6.92 Å². The van der Waals surface area contributed by atoms with Gasteiger partial charge in [0.25, 0.3) is 0 Å². The van der Waals surface area contributed by atoms with E-state index in [2.05, 4.69) is 22.5 Å². The van der Waals surface area contributed by atoms with Gasteiger partial charge < -0.3 is 15.4 Å². The fourth-order valence-electron chi connectivity index (χ4n) is 1.94. The van der Waals surface area contributed by atoms with Crippen molar-refractivity contribution in [3.63, 3.8) is 0 Å². The Morgan fingerprint density at radius 1 is 1.24 bits per heavy atom. The molecule has 0 unspecified atom stereocenters. The molecule has 0 aromatic rings. The van der Waals surface area contributed by atoms with Gasteiger partial charge in [0, 0.05) is 32.7 Å². The van der Waals surface area contributed by atoms with Crippen LogP contribution in [0.3, 0.4) is 0 Å². The summed E-state index contributed by atoms with van der Waals surface area (Å²) in [6.07, 6.45) is 2.12. The molecule has 0 bridgehead atoms. The molecule has 0 atom stereocenters. The molecule has 0 saturated carbocycles. The molecule has 0 aromatic heterocycles. The van der Waals surface area contributed by atoms with Crippen LogP contribution in [0.5, 0.6) is 0 Å². The minimum absolute atomic E-state index is 0.0746. The highest BCUT2D eigenvalue weighted by Crippen LogP contribution is 2.04. The number of unbranched alkanes of at least 4 members (excludes halogenated alkanes) is 1. The number of nitrogens with one attached hydrogen (secondary N) is 2. The highest BCUT2D eigenvalue weighted by molar-refractivity contribution is 7.89. The predicted molar refractivity (Wildman–Crippen MR) is 85.1 cm³/mol. The van der Waals surface area contributed by atoms with Crippen LogP contribution < -0.4 is 10.6 Å². The van der Waals surface area contributed by atoms with Gasteiger partial charge in [-0.15, -0.1) is 0 Å². The molecule has 1 fully saturated rings. The molecule has 8 heteroatoms. The number of rotatable bonds is 8. The Hall–Kier alpha value is -0.860. The Balaban J connectivity index is 2.39. The molecule has 2 N–H and O–H groups in total. The van der Waals surface area contributed by atoms with E-state index in [0.29, 0.717) is 38.8 Å². The highest BCUT2D eigenvalue weighted by Gasteiger charge is 2.23. The predicted octanol–water partition coefficient (Wildman–Crippen LogP) is 0.00360. The number of hydrogen-bond donors (Lipinski definition) is 2. The zero-order valence-electron chi connectivity index (χ0n) is 13.1. The SMILES string of the molecule is CCCCN=C(NCC)NCCS(=O)(=O)N1CCOCC1. The van der Waals surface area contributed by atoms with Gasteiger partial charge >= 0.3 is 0 Å². The highest BCUT2D eigenvalue weighted by atomic mass is 32.2. The second kappa shape index (κ2) is 9.97. The van der Waals surface area contributed by atoms with Crippen molar-refractivity contribution in [3.8, 4) is 0 Å². The van der Waals surface area contributed by atoms with Crippen molar-refractivity contribution in [1.82, 2.24) is 14.9 Å². The maximum Gasteiger partial charge on any atom is 0.215 e. The molecule has 1 aliphatic heterocycles. The van der Waals surface area contributed by atoms with Crippen LogP contribution in [0.4, 0.5) is 0 Å². The number of hydrogen-bond acceptors (Lipinski definition) is 4. The minimum atomic E-state index is -3.21. The zero-order valence-corrected chi connectivity index (χ0v) is 13.9. The molecular weight excluding hydrogens is 292 g/mol. The fourth-order valence-corrected chi connectivity index (χ4v) is 3.27. The Morgan fingerprint density at radius 3 is 2.57 bits per heavy atom. The van der Waals surface area contributed by atoms with Gasteiger partial charge in [0.2, 0.25) is 10.0 Å². The largest absolute Gasteiger partial charge is 0.379 e. The summed E-state index contributed by atoms with van der Waals surface area (Å²) < 4.78 is 31.0. The van der Waals surface area contributed by atoms with Gasteiger partial charge in [-0.1, -0.05) is 13.3 Å². The van der Waals surface area contributed by atoms with Crippen molar-refractivity contribution < 1.29 is 13.2 Å². The van der Waals surface area contributed by atoms with E-state index in [4.69, 9.17) is 4.74 Å². The maximum atomic E-state index is 12.2. The lowest BCUT2D eigenvalue weighted by Gasteiger charge is -2.26. The molecule has 1 aliphatic rings. The first-order valence-electron chi connectivity index (χ1n) is 7.68. The molecule has 21 heavy (non-hydrogen) atoms. The first kappa shape index (κ1) is 18.2. The molecule has 124 valence electrons. The third kappa shape index (κ3) is 7.10. The van der Waals surface area contributed by atoms with Crippen molar-refractivity contribution in [2.45, 2.75) is 26.7 Å². The Morgan fingerprint density at radius 2 is 1.95 bits per heavy atom. The summed E-state index contributed by atoms with van der Waals surface area (Å²) in [4.78, 5) is 4.40. The summed E-state index contributed by atoms with van der Waals surface area (Å²) in [6, 6.07) is 0. The van der Waals surface area contributed by atoms with Crippen molar-refractivity contribution >= 4 is 16.0 Å². The Kier molecular flexibility index (Phi) is 8.63. The second-order valence-corrected chi connectivity index (χ2v) is 6.96. The Bertz CT molecular complexity index is 406. The maximum absolute atomic E-state index is 12.2. The molecule has 1 saturated heterocycles. The van der Waals surface area contributed by atoms with E-state index in [0.717, 1.165) is 25.9 Å². The number of aliphatic imine (C=N–C) groups is 1. The quantitative estimate of drug-likeness (QED) is 0.374. The topological polar surface area (TPSA) is 83.0 Å². The number of nitrogens with zero attached hydrogens (tertiary/aromatic N) is 2. The molecule has 1 heterocycles. The van der Waals surface area contributed by atoms with Crippen LogP contribution in [0.2, 0.25) is 0 Å². The van der Waals surface area contributed by atoms with E-state index in [1.165, 1.54) is 4.31 Å². The van der Waals surface area contributed by atoms with E-state index >= 15 is 0 Å². The van der Waals surface area contributed by atoms with E-state index in [1.54, 1.807) is 0 Å². The molecule has 7 nitrogen and oxygen atoms in total. The van der Waals surface area contributed by atoms with Crippen LogP contribution >= 0.6 is 0 Å². The van der Waals surface area contributed by atoms with Gasteiger partial charge in [-0.25, -0.2) is 8.42 Å².